The first kappa shape index (κ1) is 11.0. The van der Waals surface area contributed by atoms with E-state index in [4.69, 9.17) is 5.73 Å². The van der Waals surface area contributed by atoms with E-state index in [1.54, 1.807) is 11.3 Å². The van der Waals surface area contributed by atoms with E-state index in [1.165, 1.54) is 31.5 Å². The van der Waals surface area contributed by atoms with Crippen LogP contribution in [-0.2, 0) is 13.1 Å². The van der Waals surface area contributed by atoms with Gasteiger partial charge in [-0.1, -0.05) is 6.92 Å². The van der Waals surface area contributed by atoms with Gasteiger partial charge in [0.05, 0.1) is 5.69 Å². The summed E-state index contributed by atoms with van der Waals surface area (Å²) in [5.41, 5.74) is 6.75. The van der Waals surface area contributed by atoms with Crippen LogP contribution in [0, 0.1) is 0 Å². The van der Waals surface area contributed by atoms with Gasteiger partial charge in [-0.2, -0.15) is 0 Å². The largest absolute Gasteiger partial charge is 0.325 e. The smallest absolute Gasteiger partial charge is 0.106 e. The van der Waals surface area contributed by atoms with Gasteiger partial charge >= 0.3 is 0 Å². The molecular weight excluding hydrogens is 206 g/mol. The highest BCUT2D eigenvalue weighted by molar-refractivity contribution is 7.09. The molecule has 0 bridgehead atoms. The Kier molecular flexibility index (Phi) is 3.72. The summed E-state index contributed by atoms with van der Waals surface area (Å²) in [5.74, 6) is 0. The molecule has 2 N–H and O–H groups in total. The molecule has 0 amide bonds. The number of nitrogens with two attached hydrogens (primary N) is 1. The van der Waals surface area contributed by atoms with Crippen LogP contribution < -0.4 is 5.73 Å². The van der Waals surface area contributed by atoms with E-state index >= 15 is 0 Å². The van der Waals surface area contributed by atoms with Gasteiger partial charge < -0.3 is 5.73 Å². The summed E-state index contributed by atoms with van der Waals surface area (Å²) in [6.07, 6.45) is 3.96. The number of thiazole rings is 1. The van der Waals surface area contributed by atoms with E-state index in [2.05, 4.69) is 22.2 Å². The van der Waals surface area contributed by atoms with Gasteiger partial charge in [-0.05, 0) is 25.8 Å². The second kappa shape index (κ2) is 5.05. The minimum Gasteiger partial charge on any atom is -0.325 e. The van der Waals surface area contributed by atoms with Crippen molar-refractivity contribution >= 4 is 11.3 Å². The molecule has 1 aliphatic carbocycles. The van der Waals surface area contributed by atoms with E-state index < -0.39 is 0 Å². The van der Waals surface area contributed by atoms with Crippen LogP contribution >= 0.6 is 11.3 Å². The third-order valence-electron chi connectivity index (χ3n) is 2.71. The van der Waals surface area contributed by atoms with Crippen LogP contribution in [0.2, 0.25) is 0 Å². The number of nitrogens with zero attached hydrogens (tertiary/aromatic N) is 2. The molecule has 0 atom stereocenters. The quantitative estimate of drug-likeness (QED) is 0.805. The Bertz CT molecular complexity index is 307. The maximum absolute atomic E-state index is 5.56. The van der Waals surface area contributed by atoms with Gasteiger partial charge in [0.1, 0.15) is 5.01 Å². The molecule has 1 aromatic rings. The van der Waals surface area contributed by atoms with Gasteiger partial charge in [-0.15, -0.1) is 11.3 Å². The first-order valence-corrected chi connectivity index (χ1v) is 6.58. The highest BCUT2D eigenvalue weighted by atomic mass is 32.1. The monoisotopic (exact) mass is 225 g/mol. The second-order valence-corrected chi connectivity index (χ2v) is 5.08. The zero-order valence-electron chi connectivity index (χ0n) is 9.28. The highest BCUT2D eigenvalue weighted by Crippen LogP contribution is 2.28. The molecule has 3 nitrogen and oxygen atoms in total. The number of rotatable bonds is 6. The summed E-state index contributed by atoms with van der Waals surface area (Å²) in [5, 5.41) is 3.20. The zero-order chi connectivity index (χ0) is 10.7. The average molecular weight is 225 g/mol. The van der Waals surface area contributed by atoms with E-state index in [0.29, 0.717) is 6.54 Å². The lowest BCUT2D eigenvalue weighted by molar-refractivity contribution is 0.252. The van der Waals surface area contributed by atoms with E-state index in [9.17, 15) is 0 Å². The maximum atomic E-state index is 5.56. The fraction of sp³-hybridized carbons (Fsp3) is 0.727. The molecule has 1 heterocycles. The fourth-order valence-electron chi connectivity index (χ4n) is 1.84. The Morgan fingerprint density at radius 3 is 2.93 bits per heavy atom. The van der Waals surface area contributed by atoms with Gasteiger partial charge in [-0.25, -0.2) is 4.98 Å². The first-order chi connectivity index (χ1) is 7.33. The third kappa shape index (κ3) is 3.00. The van der Waals surface area contributed by atoms with Gasteiger partial charge in [0.25, 0.3) is 0 Å². The highest BCUT2D eigenvalue weighted by Gasteiger charge is 2.28. The lowest BCUT2D eigenvalue weighted by Gasteiger charge is -2.19. The summed E-state index contributed by atoms with van der Waals surface area (Å²) < 4.78 is 0. The minimum atomic E-state index is 0.571. The van der Waals surface area contributed by atoms with Crippen LogP contribution in [0.4, 0.5) is 0 Å². The van der Waals surface area contributed by atoms with Crippen LogP contribution in [0.3, 0.4) is 0 Å². The first-order valence-electron chi connectivity index (χ1n) is 5.71. The van der Waals surface area contributed by atoms with Crippen molar-refractivity contribution in [2.24, 2.45) is 5.73 Å². The summed E-state index contributed by atoms with van der Waals surface area (Å²) >= 11 is 1.68. The topological polar surface area (TPSA) is 42.1 Å². The molecule has 4 heteroatoms. The molecule has 0 saturated heterocycles. The van der Waals surface area contributed by atoms with E-state index in [0.717, 1.165) is 17.6 Å². The Morgan fingerprint density at radius 2 is 2.40 bits per heavy atom. The van der Waals surface area contributed by atoms with Crippen molar-refractivity contribution in [3.63, 3.8) is 0 Å². The normalized spacial score (nSPS) is 16.2. The van der Waals surface area contributed by atoms with Crippen LogP contribution in [0.1, 0.15) is 36.9 Å². The molecule has 0 unspecified atom stereocenters. The lowest BCUT2D eigenvalue weighted by Crippen LogP contribution is -2.26. The molecular formula is C11H19N3S. The molecule has 0 radical (unpaired) electrons. The molecule has 0 spiro atoms. The predicted octanol–water partition coefficient (Wildman–Crippen LogP) is 1.98. The third-order valence-corrected chi connectivity index (χ3v) is 3.63. The van der Waals surface area contributed by atoms with Crippen molar-refractivity contribution in [3.05, 3.63) is 16.1 Å². The van der Waals surface area contributed by atoms with Gasteiger partial charge in [0, 0.05) is 24.5 Å². The van der Waals surface area contributed by atoms with E-state index in [1.807, 2.05) is 0 Å². The van der Waals surface area contributed by atoms with Gasteiger partial charge in [-0.3, -0.25) is 4.90 Å². The van der Waals surface area contributed by atoms with Crippen molar-refractivity contribution in [2.75, 3.05) is 6.54 Å². The van der Waals surface area contributed by atoms with Gasteiger partial charge in [0.15, 0.2) is 0 Å². The van der Waals surface area contributed by atoms with Crippen LogP contribution in [0.5, 0.6) is 0 Å². The van der Waals surface area contributed by atoms with Gasteiger partial charge in [0.2, 0.25) is 0 Å². The summed E-state index contributed by atoms with van der Waals surface area (Å²) in [7, 11) is 0. The predicted molar refractivity (Wildman–Crippen MR) is 63.7 cm³/mol. The molecule has 15 heavy (non-hydrogen) atoms. The molecule has 0 aliphatic heterocycles. The lowest BCUT2D eigenvalue weighted by atomic mass is 10.3. The Morgan fingerprint density at radius 1 is 1.60 bits per heavy atom. The van der Waals surface area contributed by atoms with Crippen LogP contribution in [0.15, 0.2) is 5.38 Å². The van der Waals surface area contributed by atoms with Crippen molar-refractivity contribution in [1.29, 1.82) is 0 Å². The minimum absolute atomic E-state index is 0.571. The van der Waals surface area contributed by atoms with Crippen molar-refractivity contribution in [3.8, 4) is 0 Å². The maximum Gasteiger partial charge on any atom is 0.106 e. The van der Waals surface area contributed by atoms with Crippen LogP contribution in [-0.4, -0.2) is 22.5 Å². The average Bonchev–Trinajstić information content (AvgIpc) is 2.99. The van der Waals surface area contributed by atoms with Crippen molar-refractivity contribution in [2.45, 2.75) is 45.3 Å². The summed E-state index contributed by atoms with van der Waals surface area (Å²) in [6.45, 7) is 5.01. The zero-order valence-corrected chi connectivity index (χ0v) is 10.1. The molecule has 2 rings (SSSR count). The molecule has 1 saturated carbocycles. The van der Waals surface area contributed by atoms with Crippen molar-refractivity contribution < 1.29 is 0 Å². The molecule has 0 aromatic carbocycles. The number of hydrogen-bond donors (Lipinski definition) is 1. The van der Waals surface area contributed by atoms with E-state index in [-0.39, 0.29) is 0 Å². The summed E-state index contributed by atoms with van der Waals surface area (Å²) in [4.78, 5) is 7.06. The standard InChI is InChI=1S/C11H19N3S/c1-2-5-14(10-3-4-10)7-9-8-15-11(6-12)13-9/h8,10H,2-7,12H2,1H3. The van der Waals surface area contributed by atoms with Crippen LogP contribution in [0.25, 0.3) is 0 Å². The van der Waals surface area contributed by atoms with Crippen molar-refractivity contribution in [1.82, 2.24) is 9.88 Å². The molecule has 1 aromatic heterocycles. The second-order valence-electron chi connectivity index (χ2n) is 4.14. The number of hydrogen-bond acceptors (Lipinski definition) is 4. The SMILES string of the molecule is CCCN(Cc1csc(CN)n1)C1CC1. The Labute approximate surface area is 95.3 Å². The Balaban J connectivity index is 1.92. The molecule has 1 fully saturated rings. The Hall–Kier alpha value is -0.450. The fourth-order valence-corrected chi connectivity index (χ4v) is 2.51. The molecule has 1 aliphatic rings. The number of aromatic nitrogens is 1. The summed E-state index contributed by atoms with van der Waals surface area (Å²) in [6, 6.07) is 0.827. The molecule has 84 valence electrons.